The van der Waals surface area contributed by atoms with Gasteiger partial charge in [-0.25, -0.2) is 9.78 Å². The van der Waals surface area contributed by atoms with Gasteiger partial charge in [0.25, 0.3) is 0 Å². The molecule has 0 bridgehead atoms. The first-order chi connectivity index (χ1) is 13.1. The summed E-state index contributed by atoms with van der Waals surface area (Å²) in [6, 6.07) is 13.3. The topological polar surface area (TPSA) is 110 Å². The molecule has 0 spiro atoms. The number of carbonyl (C=O) groups excluding carboxylic acids is 2. The number of amides is 2. The molecule has 0 saturated heterocycles. The van der Waals surface area contributed by atoms with Gasteiger partial charge in [-0.3, -0.25) is 5.32 Å². The quantitative estimate of drug-likeness (QED) is 0.371. The first kappa shape index (κ1) is 21.0. The molecule has 0 aliphatic rings. The molecule has 2 aromatic carbocycles. The second-order valence-electron chi connectivity index (χ2n) is 6.02. The van der Waals surface area contributed by atoms with E-state index in [-0.39, 0.29) is 57.8 Å². The van der Waals surface area contributed by atoms with Crippen molar-refractivity contribution in [2.24, 2.45) is 0 Å². The third kappa shape index (κ3) is 4.62. The SMILES string of the molecule is O=C(Nc1nc2ccccc2s1)N[C@H](Cc1c[nH]c2ccccc12)C(=O)[O-].[K+]. The zero-order valence-electron chi connectivity index (χ0n) is 15.1. The molecule has 0 aliphatic heterocycles. The fraction of sp³-hybridized carbons (Fsp3) is 0.105. The predicted octanol–water partition coefficient (Wildman–Crippen LogP) is -0.736. The number of H-pyrrole nitrogens is 1. The molecule has 0 unspecified atom stereocenters. The van der Waals surface area contributed by atoms with Crippen molar-refractivity contribution >= 4 is 49.6 Å². The maximum Gasteiger partial charge on any atom is 1.00 e. The first-order valence-corrected chi connectivity index (χ1v) is 9.11. The van der Waals surface area contributed by atoms with E-state index >= 15 is 0 Å². The molecule has 0 aliphatic carbocycles. The van der Waals surface area contributed by atoms with Crippen molar-refractivity contribution < 1.29 is 66.1 Å². The Balaban J connectivity index is 0.00000225. The Kier molecular flexibility index (Phi) is 6.86. The summed E-state index contributed by atoms with van der Waals surface area (Å²) in [5, 5.41) is 17.9. The molecule has 28 heavy (non-hydrogen) atoms. The van der Waals surface area contributed by atoms with Crippen LogP contribution in [0.4, 0.5) is 9.93 Å². The van der Waals surface area contributed by atoms with Crippen molar-refractivity contribution in [1.29, 1.82) is 0 Å². The zero-order chi connectivity index (χ0) is 18.8. The van der Waals surface area contributed by atoms with Crippen LogP contribution in [0.5, 0.6) is 0 Å². The Morgan fingerprint density at radius 1 is 1.14 bits per heavy atom. The molecule has 9 heteroatoms. The second kappa shape index (κ2) is 9.16. The number of nitrogens with zero attached hydrogens (tertiary/aromatic N) is 1. The number of hydrogen-bond acceptors (Lipinski definition) is 5. The standard InChI is InChI=1S/C19H16N4O3S.K/c24-17(25)15(9-11-10-20-13-6-2-1-5-12(11)13)21-18(26)23-19-22-14-7-3-4-8-16(14)27-19;/h1-8,10,15,20H,9H2,(H,24,25)(H2,21,22,23,26);/q;+1/p-1/t15-;/m1./s1. The van der Waals surface area contributed by atoms with E-state index in [1.807, 2.05) is 48.5 Å². The minimum atomic E-state index is -1.35. The molecular formula is C19H15KN4O3S. The molecule has 3 N–H and O–H groups in total. The van der Waals surface area contributed by atoms with Crippen molar-refractivity contribution in [3.05, 3.63) is 60.3 Å². The predicted molar refractivity (Wildman–Crippen MR) is 103 cm³/mol. The molecule has 4 rings (SSSR count). The third-order valence-corrected chi connectivity index (χ3v) is 5.15. The Bertz CT molecular complexity index is 1110. The van der Waals surface area contributed by atoms with Gasteiger partial charge in [0, 0.05) is 23.5 Å². The average molecular weight is 419 g/mol. The Morgan fingerprint density at radius 3 is 2.68 bits per heavy atom. The summed E-state index contributed by atoms with van der Waals surface area (Å²) in [5.41, 5.74) is 2.47. The number of carbonyl (C=O) groups is 2. The van der Waals surface area contributed by atoms with E-state index in [4.69, 9.17) is 0 Å². The van der Waals surface area contributed by atoms with Gasteiger partial charge in [0.2, 0.25) is 0 Å². The smallest absolute Gasteiger partial charge is 0.548 e. The molecule has 2 aromatic heterocycles. The van der Waals surface area contributed by atoms with E-state index in [9.17, 15) is 14.7 Å². The van der Waals surface area contributed by atoms with E-state index in [0.717, 1.165) is 26.7 Å². The number of aromatic nitrogens is 2. The summed E-state index contributed by atoms with van der Waals surface area (Å²) < 4.78 is 0.933. The minimum Gasteiger partial charge on any atom is -0.548 e. The molecule has 2 amide bonds. The van der Waals surface area contributed by atoms with E-state index in [2.05, 4.69) is 20.6 Å². The summed E-state index contributed by atoms with van der Waals surface area (Å²) >= 11 is 1.32. The number of carboxylic acids is 1. The van der Waals surface area contributed by atoms with E-state index < -0.39 is 18.0 Å². The molecule has 0 saturated carbocycles. The number of carboxylic acid groups (broad SMARTS) is 1. The number of urea groups is 1. The molecular weight excluding hydrogens is 403 g/mol. The Hall–Kier alpha value is -1.75. The minimum absolute atomic E-state index is 0. The number of para-hydroxylation sites is 2. The van der Waals surface area contributed by atoms with Crippen molar-refractivity contribution in [2.75, 3.05) is 5.32 Å². The molecule has 2 heterocycles. The Morgan fingerprint density at radius 2 is 1.89 bits per heavy atom. The van der Waals surface area contributed by atoms with Crippen LogP contribution in [0.1, 0.15) is 5.56 Å². The monoisotopic (exact) mass is 418 g/mol. The number of nitrogens with one attached hydrogen (secondary N) is 3. The fourth-order valence-electron chi connectivity index (χ4n) is 2.93. The summed E-state index contributed by atoms with van der Waals surface area (Å²) in [6.07, 6.45) is 1.85. The Labute approximate surface area is 207 Å². The molecule has 1 atom stereocenters. The normalized spacial score (nSPS) is 11.7. The third-order valence-electron chi connectivity index (χ3n) is 4.20. The molecule has 0 radical (unpaired) electrons. The summed E-state index contributed by atoms with van der Waals surface area (Å²) in [7, 11) is 0. The zero-order valence-corrected chi connectivity index (χ0v) is 19.0. The van der Waals surface area contributed by atoms with Crippen LogP contribution in [0, 0.1) is 0 Å². The van der Waals surface area contributed by atoms with Gasteiger partial charge in [-0.15, -0.1) is 0 Å². The summed E-state index contributed by atoms with van der Waals surface area (Å²) in [4.78, 5) is 31.1. The first-order valence-electron chi connectivity index (χ1n) is 8.29. The van der Waals surface area contributed by atoms with Gasteiger partial charge < -0.3 is 20.2 Å². The van der Waals surface area contributed by atoms with Crippen LogP contribution < -0.4 is 67.1 Å². The molecule has 136 valence electrons. The molecule has 0 fully saturated rings. The van der Waals surface area contributed by atoms with Crippen molar-refractivity contribution in [3.63, 3.8) is 0 Å². The summed E-state index contributed by atoms with van der Waals surface area (Å²) in [5.74, 6) is -1.35. The number of benzene rings is 2. The maximum absolute atomic E-state index is 12.2. The van der Waals surface area contributed by atoms with Gasteiger partial charge in [0.05, 0.1) is 22.2 Å². The van der Waals surface area contributed by atoms with Gasteiger partial charge in [-0.05, 0) is 23.8 Å². The number of aromatic amines is 1. The van der Waals surface area contributed by atoms with Crippen molar-refractivity contribution in [1.82, 2.24) is 15.3 Å². The van der Waals surface area contributed by atoms with Gasteiger partial charge in [-0.2, -0.15) is 0 Å². The van der Waals surface area contributed by atoms with Gasteiger partial charge in [-0.1, -0.05) is 41.7 Å². The van der Waals surface area contributed by atoms with Gasteiger partial charge in [0.15, 0.2) is 5.13 Å². The molecule has 7 nitrogen and oxygen atoms in total. The number of thiazole rings is 1. The number of fused-ring (bicyclic) bond motifs is 2. The van der Waals surface area contributed by atoms with E-state index in [0.29, 0.717) is 5.13 Å². The van der Waals surface area contributed by atoms with Crippen LogP contribution in [0.3, 0.4) is 0 Å². The average Bonchev–Trinajstić information content (AvgIpc) is 3.24. The van der Waals surface area contributed by atoms with Crippen LogP contribution >= 0.6 is 11.3 Å². The number of hydrogen-bond donors (Lipinski definition) is 3. The molecule has 4 aromatic rings. The van der Waals surface area contributed by atoms with Gasteiger partial charge in [0.1, 0.15) is 0 Å². The number of anilines is 1. The van der Waals surface area contributed by atoms with Crippen molar-refractivity contribution in [3.8, 4) is 0 Å². The van der Waals surface area contributed by atoms with Crippen LogP contribution in [0.2, 0.25) is 0 Å². The maximum atomic E-state index is 12.2. The van der Waals surface area contributed by atoms with Crippen LogP contribution in [0.15, 0.2) is 54.7 Å². The second-order valence-corrected chi connectivity index (χ2v) is 7.05. The van der Waals surface area contributed by atoms with Crippen LogP contribution in [-0.2, 0) is 11.2 Å². The van der Waals surface area contributed by atoms with E-state index in [1.165, 1.54) is 11.3 Å². The fourth-order valence-corrected chi connectivity index (χ4v) is 3.79. The van der Waals surface area contributed by atoms with Crippen LogP contribution in [-0.4, -0.2) is 28.0 Å². The largest absolute Gasteiger partial charge is 1.00 e. The number of aliphatic carboxylic acids is 1. The number of rotatable bonds is 5. The summed E-state index contributed by atoms with van der Waals surface area (Å²) in [6.45, 7) is 0. The van der Waals surface area contributed by atoms with E-state index in [1.54, 1.807) is 6.20 Å². The van der Waals surface area contributed by atoms with Crippen LogP contribution in [0.25, 0.3) is 21.1 Å². The van der Waals surface area contributed by atoms with Gasteiger partial charge >= 0.3 is 57.4 Å². The van der Waals surface area contributed by atoms with Crippen molar-refractivity contribution in [2.45, 2.75) is 12.5 Å².